The summed E-state index contributed by atoms with van der Waals surface area (Å²) in [7, 11) is 1.53. The fourth-order valence-electron chi connectivity index (χ4n) is 1.98. The minimum atomic E-state index is -0.408. The number of ether oxygens (including phenoxy) is 3. The number of benzene rings is 1. The van der Waals surface area contributed by atoms with Crippen LogP contribution < -0.4 is 4.74 Å². The Hall–Kier alpha value is -1.26. The van der Waals surface area contributed by atoms with Crippen LogP contribution in [0.2, 0.25) is 0 Å². The molecule has 2 rings (SSSR count). The molecule has 0 aliphatic carbocycles. The fourth-order valence-corrected chi connectivity index (χ4v) is 1.98. The second-order valence-electron chi connectivity index (χ2n) is 5.50. The summed E-state index contributed by atoms with van der Waals surface area (Å²) < 4.78 is 16.5. The van der Waals surface area contributed by atoms with Crippen LogP contribution >= 0.6 is 0 Å². The summed E-state index contributed by atoms with van der Waals surface area (Å²) >= 11 is 0. The number of aryl methyl sites for hydroxylation is 1. The van der Waals surface area contributed by atoms with Gasteiger partial charge in [0.05, 0.1) is 20.3 Å². The van der Waals surface area contributed by atoms with Crippen molar-refractivity contribution in [2.24, 2.45) is 5.41 Å². The zero-order chi connectivity index (χ0) is 13.3. The van der Waals surface area contributed by atoms with E-state index in [0.29, 0.717) is 19.0 Å². The molecule has 1 aromatic carbocycles. The highest BCUT2D eigenvalue weighted by Crippen LogP contribution is 2.37. The molecule has 4 nitrogen and oxygen atoms in total. The predicted octanol–water partition coefficient (Wildman–Crippen LogP) is 2.78. The molecule has 0 aromatic heterocycles. The van der Waals surface area contributed by atoms with Gasteiger partial charge in [-0.1, -0.05) is 13.8 Å². The Bertz CT molecular complexity index is 430. The Labute approximate surface area is 107 Å². The van der Waals surface area contributed by atoms with Crippen LogP contribution in [0.1, 0.15) is 31.3 Å². The van der Waals surface area contributed by atoms with Crippen molar-refractivity contribution < 1.29 is 19.3 Å². The second-order valence-corrected chi connectivity index (χ2v) is 5.50. The lowest BCUT2D eigenvalue weighted by Crippen LogP contribution is -2.34. The van der Waals surface area contributed by atoms with E-state index in [2.05, 4.69) is 13.8 Å². The molecule has 0 amide bonds. The number of aromatic hydroxyl groups is 1. The Balaban J connectivity index is 2.22. The lowest BCUT2D eigenvalue weighted by molar-refractivity contribution is -0.226. The van der Waals surface area contributed by atoms with Gasteiger partial charge in [0.15, 0.2) is 17.8 Å². The first-order valence-corrected chi connectivity index (χ1v) is 6.04. The lowest BCUT2D eigenvalue weighted by Gasteiger charge is -2.35. The van der Waals surface area contributed by atoms with Gasteiger partial charge in [-0.3, -0.25) is 0 Å². The average Bonchev–Trinajstić information content (AvgIpc) is 2.32. The van der Waals surface area contributed by atoms with Crippen molar-refractivity contribution in [1.29, 1.82) is 0 Å². The molecule has 0 radical (unpaired) electrons. The summed E-state index contributed by atoms with van der Waals surface area (Å²) in [6.07, 6.45) is -0.408. The van der Waals surface area contributed by atoms with Gasteiger partial charge in [-0.15, -0.1) is 0 Å². The number of hydrogen-bond acceptors (Lipinski definition) is 4. The molecule has 1 N–H and O–H groups in total. The van der Waals surface area contributed by atoms with Crippen molar-refractivity contribution in [2.45, 2.75) is 27.1 Å². The summed E-state index contributed by atoms with van der Waals surface area (Å²) in [6, 6.07) is 3.44. The summed E-state index contributed by atoms with van der Waals surface area (Å²) in [5.74, 6) is 0.572. The summed E-state index contributed by atoms with van der Waals surface area (Å²) in [6.45, 7) is 7.43. The van der Waals surface area contributed by atoms with Gasteiger partial charge in [-0.2, -0.15) is 0 Å². The number of phenols is 1. The minimum absolute atomic E-state index is 0.0406. The molecule has 0 atom stereocenters. The molecule has 1 heterocycles. The Morgan fingerprint density at radius 1 is 1.28 bits per heavy atom. The van der Waals surface area contributed by atoms with E-state index >= 15 is 0 Å². The topological polar surface area (TPSA) is 47.9 Å². The maximum atomic E-state index is 9.81. The maximum Gasteiger partial charge on any atom is 0.184 e. The van der Waals surface area contributed by atoms with Crippen molar-refractivity contribution in [3.63, 3.8) is 0 Å². The molecule has 18 heavy (non-hydrogen) atoms. The van der Waals surface area contributed by atoms with E-state index in [1.165, 1.54) is 7.11 Å². The monoisotopic (exact) mass is 252 g/mol. The van der Waals surface area contributed by atoms with Crippen molar-refractivity contribution in [2.75, 3.05) is 20.3 Å². The predicted molar refractivity (Wildman–Crippen MR) is 67.8 cm³/mol. The molecular formula is C14H20O4. The van der Waals surface area contributed by atoms with Crippen LogP contribution in [0.3, 0.4) is 0 Å². The van der Waals surface area contributed by atoms with Crippen LogP contribution in [0.5, 0.6) is 11.5 Å². The first-order valence-electron chi connectivity index (χ1n) is 6.04. The molecule has 0 bridgehead atoms. The van der Waals surface area contributed by atoms with Gasteiger partial charge in [-0.25, -0.2) is 0 Å². The van der Waals surface area contributed by atoms with Crippen molar-refractivity contribution in [3.8, 4) is 11.5 Å². The molecule has 1 fully saturated rings. The highest BCUT2D eigenvalue weighted by atomic mass is 16.7. The molecule has 0 unspecified atom stereocenters. The van der Waals surface area contributed by atoms with Crippen LogP contribution in [0, 0.1) is 12.3 Å². The van der Waals surface area contributed by atoms with Crippen molar-refractivity contribution >= 4 is 0 Å². The van der Waals surface area contributed by atoms with Gasteiger partial charge < -0.3 is 19.3 Å². The van der Waals surface area contributed by atoms with Crippen LogP contribution in [-0.2, 0) is 9.47 Å². The molecule has 1 saturated heterocycles. The van der Waals surface area contributed by atoms with Gasteiger partial charge in [0.25, 0.3) is 0 Å². The molecule has 1 aliphatic heterocycles. The normalized spacial score (nSPS) is 19.8. The first-order chi connectivity index (χ1) is 8.43. The van der Waals surface area contributed by atoms with Crippen LogP contribution in [0.4, 0.5) is 0 Å². The van der Waals surface area contributed by atoms with Crippen LogP contribution in [0.15, 0.2) is 12.1 Å². The molecule has 1 aliphatic rings. The lowest BCUT2D eigenvalue weighted by atomic mass is 9.95. The zero-order valence-corrected chi connectivity index (χ0v) is 11.3. The molecule has 4 heteroatoms. The first kappa shape index (κ1) is 13.2. The van der Waals surface area contributed by atoms with Gasteiger partial charge >= 0.3 is 0 Å². The van der Waals surface area contributed by atoms with E-state index in [-0.39, 0.29) is 11.2 Å². The third-order valence-corrected chi connectivity index (χ3v) is 3.07. The van der Waals surface area contributed by atoms with Gasteiger partial charge in [0, 0.05) is 11.0 Å². The minimum Gasteiger partial charge on any atom is -0.504 e. The van der Waals surface area contributed by atoms with E-state index in [9.17, 15) is 5.11 Å². The van der Waals surface area contributed by atoms with Gasteiger partial charge in [0.2, 0.25) is 0 Å². The summed E-state index contributed by atoms with van der Waals surface area (Å²) in [5.41, 5.74) is 1.87. The SMILES string of the molecule is COc1cc(C)c(C2OCC(C)(C)CO2)cc1O. The Kier molecular flexibility index (Phi) is 3.50. The highest BCUT2D eigenvalue weighted by molar-refractivity contribution is 5.46. The van der Waals surface area contributed by atoms with E-state index in [0.717, 1.165) is 11.1 Å². The molecule has 1 aromatic rings. The van der Waals surface area contributed by atoms with Crippen LogP contribution in [0.25, 0.3) is 0 Å². The number of rotatable bonds is 2. The summed E-state index contributed by atoms with van der Waals surface area (Å²) in [5, 5.41) is 9.81. The van der Waals surface area contributed by atoms with Gasteiger partial charge in [-0.05, 0) is 24.6 Å². The van der Waals surface area contributed by atoms with E-state index in [1.807, 2.05) is 6.92 Å². The average molecular weight is 252 g/mol. The quantitative estimate of drug-likeness (QED) is 0.879. The fraction of sp³-hybridized carbons (Fsp3) is 0.571. The highest BCUT2D eigenvalue weighted by Gasteiger charge is 2.30. The third-order valence-electron chi connectivity index (χ3n) is 3.07. The van der Waals surface area contributed by atoms with E-state index in [4.69, 9.17) is 14.2 Å². The third kappa shape index (κ3) is 2.60. The van der Waals surface area contributed by atoms with Crippen molar-refractivity contribution in [3.05, 3.63) is 23.3 Å². The van der Waals surface area contributed by atoms with Gasteiger partial charge in [0.1, 0.15) is 0 Å². The number of methoxy groups -OCH3 is 1. The molecule has 0 spiro atoms. The second kappa shape index (κ2) is 4.78. The maximum absolute atomic E-state index is 9.81. The molecular weight excluding hydrogens is 232 g/mol. The number of hydrogen-bond donors (Lipinski definition) is 1. The standard InChI is InChI=1S/C14H20O4/c1-9-5-12(16-4)11(15)6-10(9)13-17-7-14(2,3)8-18-13/h5-6,13,15H,7-8H2,1-4H3. The largest absolute Gasteiger partial charge is 0.504 e. The zero-order valence-electron chi connectivity index (χ0n) is 11.3. The molecule has 100 valence electrons. The smallest absolute Gasteiger partial charge is 0.184 e. The molecule has 0 saturated carbocycles. The van der Waals surface area contributed by atoms with Crippen molar-refractivity contribution in [1.82, 2.24) is 0 Å². The van der Waals surface area contributed by atoms with E-state index in [1.54, 1.807) is 12.1 Å². The number of phenolic OH excluding ortho intramolecular Hbond substituents is 1. The summed E-state index contributed by atoms with van der Waals surface area (Å²) in [4.78, 5) is 0. The van der Waals surface area contributed by atoms with E-state index < -0.39 is 6.29 Å². The Morgan fingerprint density at radius 2 is 1.89 bits per heavy atom. The van der Waals surface area contributed by atoms with Crippen LogP contribution in [-0.4, -0.2) is 25.4 Å². The Morgan fingerprint density at radius 3 is 2.44 bits per heavy atom.